The Hall–Kier alpha value is -2.89. The zero-order valence-electron chi connectivity index (χ0n) is 12.6. The molecule has 0 fully saturated rings. The number of benzene rings is 2. The molecule has 0 aromatic heterocycles. The second-order valence-electron chi connectivity index (χ2n) is 5.18. The normalized spacial score (nSPS) is 17.7. The van der Waals surface area contributed by atoms with Gasteiger partial charge < -0.3 is 23.7 Å². The first-order valence-corrected chi connectivity index (χ1v) is 7.09. The summed E-state index contributed by atoms with van der Waals surface area (Å²) >= 11 is 0. The van der Waals surface area contributed by atoms with Gasteiger partial charge in [-0.2, -0.15) is 0 Å². The van der Waals surface area contributed by atoms with Crippen LogP contribution in [0.1, 0.15) is 17.0 Å². The molecule has 0 amide bonds. The molecule has 6 nitrogen and oxygen atoms in total. The Balaban J connectivity index is 1.86. The minimum atomic E-state index is -0.569. The van der Waals surface area contributed by atoms with E-state index >= 15 is 0 Å². The third-order valence-electron chi connectivity index (χ3n) is 4.01. The summed E-state index contributed by atoms with van der Waals surface area (Å²) in [7, 11) is 3.13. The lowest BCUT2D eigenvalue weighted by Crippen LogP contribution is -2.12. The lowest BCUT2D eigenvalue weighted by molar-refractivity contribution is -0.133. The van der Waals surface area contributed by atoms with Crippen LogP contribution >= 0.6 is 0 Å². The summed E-state index contributed by atoms with van der Waals surface area (Å²) in [6.07, 6.45) is 0. The van der Waals surface area contributed by atoms with Gasteiger partial charge in [0.05, 0.1) is 19.8 Å². The van der Waals surface area contributed by atoms with Crippen LogP contribution in [0.3, 0.4) is 0 Å². The van der Waals surface area contributed by atoms with E-state index < -0.39 is 5.92 Å². The zero-order chi connectivity index (χ0) is 16.0. The molecule has 2 aliphatic heterocycles. The van der Waals surface area contributed by atoms with Gasteiger partial charge in [-0.15, -0.1) is 0 Å². The van der Waals surface area contributed by atoms with Crippen LogP contribution in [0, 0.1) is 0 Å². The van der Waals surface area contributed by atoms with Crippen molar-refractivity contribution in [3.63, 3.8) is 0 Å². The highest BCUT2D eigenvalue weighted by molar-refractivity contribution is 5.92. The van der Waals surface area contributed by atoms with Crippen molar-refractivity contribution in [3.05, 3.63) is 41.5 Å². The largest absolute Gasteiger partial charge is 0.497 e. The fourth-order valence-corrected chi connectivity index (χ4v) is 2.95. The van der Waals surface area contributed by atoms with E-state index in [9.17, 15) is 4.79 Å². The van der Waals surface area contributed by atoms with E-state index in [4.69, 9.17) is 23.7 Å². The van der Waals surface area contributed by atoms with Crippen LogP contribution < -0.4 is 23.7 Å². The number of carbonyl (C=O) groups is 1. The summed E-state index contributed by atoms with van der Waals surface area (Å²) in [5.41, 5.74) is 1.46. The molecule has 0 saturated carbocycles. The molecule has 0 radical (unpaired) electrons. The van der Waals surface area contributed by atoms with Gasteiger partial charge in [0.25, 0.3) is 0 Å². The van der Waals surface area contributed by atoms with E-state index in [1.54, 1.807) is 25.3 Å². The van der Waals surface area contributed by atoms with Crippen molar-refractivity contribution in [3.8, 4) is 28.7 Å². The molecule has 23 heavy (non-hydrogen) atoms. The Kier molecular flexibility index (Phi) is 3.04. The molecule has 118 valence electrons. The molecule has 0 aliphatic carbocycles. The summed E-state index contributed by atoms with van der Waals surface area (Å²) in [5.74, 6) is 1.73. The number of carbonyl (C=O) groups excluding carboxylic acids is 1. The lowest BCUT2D eigenvalue weighted by Gasteiger charge is -2.13. The predicted molar refractivity (Wildman–Crippen MR) is 79.6 cm³/mol. The van der Waals surface area contributed by atoms with E-state index in [0.29, 0.717) is 28.6 Å². The summed E-state index contributed by atoms with van der Waals surface area (Å²) < 4.78 is 26.9. The second kappa shape index (κ2) is 5.08. The first kappa shape index (κ1) is 13.8. The lowest BCUT2D eigenvalue weighted by atomic mass is 9.91. The van der Waals surface area contributed by atoms with Crippen molar-refractivity contribution in [1.29, 1.82) is 0 Å². The quantitative estimate of drug-likeness (QED) is 0.641. The highest BCUT2D eigenvalue weighted by Crippen LogP contribution is 2.54. The van der Waals surface area contributed by atoms with Crippen LogP contribution in [-0.2, 0) is 4.79 Å². The van der Waals surface area contributed by atoms with Crippen LogP contribution in [-0.4, -0.2) is 27.0 Å². The first-order valence-electron chi connectivity index (χ1n) is 7.09. The molecular weight excluding hydrogens is 300 g/mol. The minimum absolute atomic E-state index is 0.121. The van der Waals surface area contributed by atoms with E-state index in [0.717, 1.165) is 11.3 Å². The average molecular weight is 314 g/mol. The molecular formula is C17H14O6. The third kappa shape index (κ3) is 1.98. The van der Waals surface area contributed by atoms with Gasteiger partial charge in [0.15, 0.2) is 11.5 Å². The number of methoxy groups -OCH3 is 2. The number of esters is 1. The predicted octanol–water partition coefficient (Wildman–Crippen LogP) is 2.48. The van der Waals surface area contributed by atoms with Crippen LogP contribution in [0.4, 0.5) is 0 Å². The topological polar surface area (TPSA) is 63.2 Å². The SMILES string of the molecule is COc1ccc([C@@H]2C(=O)Oc3cc4c(c(OC)c32)OCO4)cc1. The Bertz CT molecular complexity index is 781. The van der Waals surface area contributed by atoms with E-state index in [2.05, 4.69) is 0 Å². The van der Waals surface area contributed by atoms with Gasteiger partial charge in [-0.1, -0.05) is 12.1 Å². The summed E-state index contributed by atoms with van der Waals surface area (Å²) in [5, 5.41) is 0. The van der Waals surface area contributed by atoms with Gasteiger partial charge in [-0.05, 0) is 17.7 Å². The Labute approximate surface area is 132 Å². The average Bonchev–Trinajstić information content (AvgIpc) is 3.16. The minimum Gasteiger partial charge on any atom is -0.497 e. The van der Waals surface area contributed by atoms with Crippen molar-refractivity contribution in [2.75, 3.05) is 21.0 Å². The maximum Gasteiger partial charge on any atom is 0.323 e. The van der Waals surface area contributed by atoms with Crippen LogP contribution in [0.2, 0.25) is 0 Å². The van der Waals surface area contributed by atoms with Crippen molar-refractivity contribution in [2.45, 2.75) is 5.92 Å². The fourth-order valence-electron chi connectivity index (χ4n) is 2.95. The number of fused-ring (bicyclic) bond motifs is 2. The number of rotatable bonds is 3. The highest BCUT2D eigenvalue weighted by Gasteiger charge is 2.41. The second-order valence-corrected chi connectivity index (χ2v) is 5.18. The van der Waals surface area contributed by atoms with Crippen molar-refractivity contribution in [2.24, 2.45) is 0 Å². The molecule has 2 aromatic carbocycles. The van der Waals surface area contributed by atoms with Gasteiger partial charge >= 0.3 is 5.97 Å². The van der Waals surface area contributed by atoms with Crippen LogP contribution in [0.15, 0.2) is 30.3 Å². The molecule has 0 bridgehead atoms. The standard InChI is InChI=1S/C17H14O6/c1-19-10-5-3-9(4-6-10)13-14-11(23-17(13)18)7-12-15(16(14)20-2)22-8-21-12/h3-7,13H,8H2,1-2H3/t13-/m0/s1. The molecule has 2 aromatic rings. The van der Waals surface area contributed by atoms with Gasteiger partial charge in [0.1, 0.15) is 17.4 Å². The molecule has 0 spiro atoms. The smallest absolute Gasteiger partial charge is 0.323 e. The molecule has 6 heteroatoms. The Morgan fingerprint density at radius 1 is 1.04 bits per heavy atom. The number of ether oxygens (including phenoxy) is 5. The molecule has 2 heterocycles. The van der Waals surface area contributed by atoms with Crippen LogP contribution in [0.25, 0.3) is 0 Å². The van der Waals surface area contributed by atoms with Gasteiger partial charge in [-0.3, -0.25) is 4.79 Å². The van der Waals surface area contributed by atoms with Gasteiger partial charge in [-0.25, -0.2) is 0 Å². The fraction of sp³-hybridized carbons (Fsp3) is 0.235. The molecule has 0 N–H and O–H groups in total. The van der Waals surface area contributed by atoms with Crippen LogP contribution in [0.5, 0.6) is 28.7 Å². The van der Waals surface area contributed by atoms with Crippen molar-refractivity contribution >= 4 is 5.97 Å². The van der Waals surface area contributed by atoms with E-state index in [1.165, 1.54) is 7.11 Å². The summed E-state index contributed by atoms with van der Waals surface area (Å²) in [6, 6.07) is 8.95. The maximum absolute atomic E-state index is 12.4. The Morgan fingerprint density at radius 2 is 1.83 bits per heavy atom. The number of hydrogen-bond acceptors (Lipinski definition) is 6. The summed E-state index contributed by atoms with van der Waals surface area (Å²) in [6.45, 7) is 0.121. The zero-order valence-corrected chi connectivity index (χ0v) is 12.6. The van der Waals surface area contributed by atoms with E-state index in [1.807, 2.05) is 12.1 Å². The first-order chi connectivity index (χ1) is 11.2. The molecule has 1 atom stereocenters. The highest BCUT2D eigenvalue weighted by atomic mass is 16.7. The number of hydrogen-bond donors (Lipinski definition) is 0. The third-order valence-corrected chi connectivity index (χ3v) is 4.01. The van der Waals surface area contributed by atoms with Crippen molar-refractivity contribution < 1.29 is 28.5 Å². The summed E-state index contributed by atoms with van der Waals surface area (Å²) in [4.78, 5) is 12.4. The molecule has 0 saturated heterocycles. The van der Waals surface area contributed by atoms with Gasteiger partial charge in [0.2, 0.25) is 12.5 Å². The molecule has 0 unspecified atom stereocenters. The Morgan fingerprint density at radius 3 is 2.52 bits per heavy atom. The molecule has 4 rings (SSSR count). The maximum atomic E-state index is 12.4. The van der Waals surface area contributed by atoms with E-state index in [-0.39, 0.29) is 12.8 Å². The van der Waals surface area contributed by atoms with Gasteiger partial charge in [0, 0.05) is 6.07 Å². The van der Waals surface area contributed by atoms with Crippen molar-refractivity contribution in [1.82, 2.24) is 0 Å². The monoisotopic (exact) mass is 314 g/mol. The molecule has 2 aliphatic rings.